The van der Waals surface area contributed by atoms with E-state index in [1.54, 1.807) is 10.7 Å². The molecule has 2 aromatic carbocycles. The van der Waals surface area contributed by atoms with Gasteiger partial charge in [0.25, 0.3) is 5.91 Å². The highest BCUT2D eigenvalue weighted by molar-refractivity contribution is 6.31. The van der Waals surface area contributed by atoms with E-state index in [2.05, 4.69) is 10.4 Å². The van der Waals surface area contributed by atoms with Crippen LogP contribution in [0.2, 0.25) is 5.02 Å². The monoisotopic (exact) mass is 396 g/mol. The van der Waals surface area contributed by atoms with Gasteiger partial charge < -0.3 is 10.2 Å². The topological polar surface area (TPSA) is 67.2 Å². The Morgan fingerprint density at radius 3 is 2.64 bits per heavy atom. The number of anilines is 1. The van der Waals surface area contributed by atoms with Crippen LogP contribution < -0.4 is 5.32 Å². The van der Waals surface area contributed by atoms with E-state index in [9.17, 15) is 9.59 Å². The van der Waals surface area contributed by atoms with Crippen LogP contribution in [-0.2, 0) is 11.3 Å². The molecule has 3 aromatic rings. The van der Waals surface area contributed by atoms with Crippen molar-refractivity contribution in [1.82, 2.24) is 14.7 Å². The van der Waals surface area contributed by atoms with Gasteiger partial charge in [0.2, 0.25) is 5.91 Å². The Hall–Kier alpha value is -2.86. The third kappa shape index (κ3) is 3.60. The molecule has 1 saturated heterocycles. The molecule has 2 amide bonds. The highest BCUT2D eigenvalue weighted by atomic mass is 35.5. The van der Waals surface area contributed by atoms with Gasteiger partial charge in [-0.25, -0.2) is 0 Å². The zero-order valence-electron chi connectivity index (χ0n) is 15.6. The summed E-state index contributed by atoms with van der Waals surface area (Å²) in [5.74, 6) is -0.300. The molecule has 1 aliphatic rings. The number of fused-ring (bicyclic) bond motifs is 1. The van der Waals surface area contributed by atoms with Crippen LogP contribution >= 0.6 is 11.6 Å². The summed E-state index contributed by atoms with van der Waals surface area (Å²) in [4.78, 5) is 27.2. The van der Waals surface area contributed by atoms with E-state index in [1.807, 2.05) is 48.2 Å². The summed E-state index contributed by atoms with van der Waals surface area (Å²) < 4.78 is 1.59. The number of amides is 2. The summed E-state index contributed by atoms with van der Waals surface area (Å²) in [5.41, 5.74) is 2.75. The molecule has 0 unspecified atom stereocenters. The van der Waals surface area contributed by atoms with Crippen molar-refractivity contribution in [3.8, 4) is 0 Å². The van der Waals surface area contributed by atoms with E-state index in [0.717, 1.165) is 42.4 Å². The van der Waals surface area contributed by atoms with Crippen LogP contribution in [0.3, 0.4) is 0 Å². The number of hydrogen-bond donors (Lipinski definition) is 1. The first-order chi connectivity index (χ1) is 13.5. The van der Waals surface area contributed by atoms with Crippen molar-refractivity contribution >= 4 is 40.0 Å². The van der Waals surface area contributed by atoms with Crippen LogP contribution in [-0.4, -0.2) is 39.6 Å². The lowest BCUT2D eigenvalue weighted by Crippen LogP contribution is -2.28. The summed E-state index contributed by atoms with van der Waals surface area (Å²) in [7, 11) is 0. The van der Waals surface area contributed by atoms with Crippen molar-refractivity contribution in [2.45, 2.75) is 26.3 Å². The molecule has 1 aromatic heterocycles. The number of aromatic nitrogens is 2. The number of nitrogens with zero attached hydrogens (tertiary/aromatic N) is 3. The number of halogens is 1. The zero-order valence-corrected chi connectivity index (χ0v) is 16.4. The Morgan fingerprint density at radius 1 is 1.14 bits per heavy atom. The van der Waals surface area contributed by atoms with Crippen molar-refractivity contribution in [3.63, 3.8) is 0 Å². The first-order valence-electron chi connectivity index (χ1n) is 9.34. The summed E-state index contributed by atoms with van der Waals surface area (Å²) in [6.45, 7) is 3.44. The molecule has 28 heavy (non-hydrogen) atoms. The molecule has 0 radical (unpaired) electrons. The van der Waals surface area contributed by atoms with Crippen molar-refractivity contribution in [2.24, 2.45) is 0 Å². The van der Waals surface area contributed by atoms with Gasteiger partial charge in [0.1, 0.15) is 6.54 Å². The molecular formula is C21H21ClN4O2. The lowest BCUT2D eigenvalue weighted by Gasteiger charge is -2.13. The van der Waals surface area contributed by atoms with E-state index in [-0.39, 0.29) is 18.4 Å². The lowest BCUT2D eigenvalue weighted by atomic mass is 10.2. The molecule has 0 saturated carbocycles. The van der Waals surface area contributed by atoms with Gasteiger partial charge in [0.05, 0.1) is 5.52 Å². The number of hydrogen-bond acceptors (Lipinski definition) is 3. The van der Waals surface area contributed by atoms with Crippen LogP contribution in [0.4, 0.5) is 5.69 Å². The highest BCUT2D eigenvalue weighted by Gasteiger charge is 2.25. The molecule has 0 bridgehead atoms. The molecule has 1 fully saturated rings. The van der Waals surface area contributed by atoms with Crippen molar-refractivity contribution < 1.29 is 9.59 Å². The van der Waals surface area contributed by atoms with Gasteiger partial charge >= 0.3 is 0 Å². The van der Waals surface area contributed by atoms with Crippen molar-refractivity contribution in [1.29, 1.82) is 0 Å². The number of para-hydroxylation sites is 1. The van der Waals surface area contributed by atoms with Crippen molar-refractivity contribution in [2.75, 3.05) is 18.4 Å². The minimum atomic E-state index is -0.228. The lowest BCUT2D eigenvalue weighted by molar-refractivity contribution is -0.116. The van der Waals surface area contributed by atoms with Gasteiger partial charge in [-0.1, -0.05) is 35.9 Å². The smallest absolute Gasteiger partial charge is 0.275 e. The maximum atomic E-state index is 12.9. The van der Waals surface area contributed by atoms with Crippen LogP contribution in [0.25, 0.3) is 10.9 Å². The molecule has 2 heterocycles. The van der Waals surface area contributed by atoms with E-state index in [0.29, 0.717) is 16.4 Å². The number of carbonyl (C=O) groups is 2. The maximum absolute atomic E-state index is 12.9. The molecule has 6 nitrogen and oxygen atoms in total. The average Bonchev–Trinajstić information content (AvgIpc) is 3.33. The van der Waals surface area contributed by atoms with E-state index in [4.69, 9.17) is 11.6 Å². The molecule has 0 aliphatic carbocycles. The molecular weight excluding hydrogens is 376 g/mol. The predicted molar refractivity (Wildman–Crippen MR) is 110 cm³/mol. The number of likely N-dealkylation sites (tertiary alicyclic amines) is 1. The Balaban J connectivity index is 1.59. The summed E-state index contributed by atoms with van der Waals surface area (Å²) >= 11 is 6.12. The Bertz CT molecular complexity index is 1050. The summed E-state index contributed by atoms with van der Waals surface area (Å²) in [6.07, 6.45) is 2.04. The number of carbonyl (C=O) groups excluding carboxylic acids is 2. The normalized spacial score (nSPS) is 13.9. The second-order valence-electron chi connectivity index (χ2n) is 7.03. The van der Waals surface area contributed by atoms with Gasteiger partial charge in [-0.3, -0.25) is 14.3 Å². The Kier molecular flexibility index (Phi) is 5.05. The zero-order chi connectivity index (χ0) is 19.7. The molecule has 0 spiro atoms. The first kappa shape index (κ1) is 18.5. The van der Waals surface area contributed by atoms with Crippen LogP contribution in [0.5, 0.6) is 0 Å². The Labute approximate surface area is 168 Å². The van der Waals surface area contributed by atoms with Gasteiger partial charge in [0.15, 0.2) is 5.69 Å². The van der Waals surface area contributed by atoms with Gasteiger partial charge in [-0.15, -0.1) is 0 Å². The molecule has 7 heteroatoms. The summed E-state index contributed by atoms with van der Waals surface area (Å²) in [6, 6.07) is 12.9. The number of rotatable bonds is 4. The van der Waals surface area contributed by atoms with Crippen LogP contribution in [0, 0.1) is 6.92 Å². The van der Waals surface area contributed by atoms with Gasteiger partial charge in [-0.2, -0.15) is 5.10 Å². The molecule has 4 rings (SSSR count). The minimum absolute atomic E-state index is 0.0132. The van der Waals surface area contributed by atoms with Gasteiger partial charge in [0, 0.05) is 29.2 Å². The fourth-order valence-corrected chi connectivity index (χ4v) is 3.66. The fourth-order valence-electron chi connectivity index (χ4n) is 3.48. The average molecular weight is 397 g/mol. The second-order valence-corrected chi connectivity index (χ2v) is 7.44. The molecule has 1 aliphatic heterocycles. The van der Waals surface area contributed by atoms with E-state index < -0.39 is 0 Å². The predicted octanol–water partition coefficient (Wildman–Crippen LogP) is 3.87. The summed E-state index contributed by atoms with van der Waals surface area (Å²) in [5, 5.41) is 8.69. The van der Waals surface area contributed by atoms with Crippen LogP contribution in [0.15, 0.2) is 42.5 Å². The molecule has 144 valence electrons. The number of nitrogens with one attached hydrogen (secondary N) is 1. The van der Waals surface area contributed by atoms with Gasteiger partial charge in [-0.05, 0) is 43.5 Å². The second kappa shape index (κ2) is 7.64. The van der Waals surface area contributed by atoms with Crippen LogP contribution in [0.1, 0.15) is 28.9 Å². The van der Waals surface area contributed by atoms with E-state index >= 15 is 0 Å². The quantitative estimate of drug-likeness (QED) is 0.727. The Morgan fingerprint density at radius 2 is 1.89 bits per heavy atom. The fraction of sp³-hybridized carbons (Fsp3) is 0.286. The third-order valence-corrected chi connectivity index (χ3v) is 5.41. The standard InChI is InChI=1S/C21H21ClN4O2/c1-14-8-9-15(12-17(14)22)23-19(27)13-26-18-7-3-2-6-16(18)20(24-26)21(28)25-10-4-5-11-25/h2-3,6-9,12H,4-5,10-11,13H2,1H3,(H,23,27). The third-order valence-electron chi connectivity index (χ3n) is 5.00. The number of aryl methyl sites for hydroxylation is 1. The molecule has 0 atom stereocenters. The minimum Gasteiger partial charge on any atom is -0.337 e. The highest BCUT2D eigenvalue weighted by Crippen LogP contribution is 2.23. The van der Waals surface area contributed by atoms with Crippen molar-refractivity contribution in [3.05, 3.63) is 58.7 Å². The number of benzene rings is 2. The maximum Gasteiger partial charge on any atom is 0.275 e. The van der Waals surface area contributed by atoms with E-state index in [1.165, 1.54) is 0 Å². The SMILES string of the molecule is Cc1ccc(NC(=O)Cn2nc(C(=O)N3CCCC3)c3ccccc32)cc1Cl. The first-order valence-corrected chi connectivity index (χ1v) is 9.71. The largest absolute Gasteiger partial charge is 0.337 e. The molecule has 1 N–H and O–H groups in total.